The lowest BCUT2D eigenvalue weighted by molar-refractivity contribution is -0.123. The molecule has 2 heteroatoms. The maximum atomic E-state index is 11.0. The van der Waals surface area contributed by atoms with Gasteiger partial charge in [0.05, 0.1) is 0 Å². The molecule has 0 atom stereocenters. The van der Waals surface area contributed by atoms with Crippen molar-refractivity contribution in [1.82, 2.24) is 4.90 Å². The Labute approximate surface area is 68.6 Å². The zero-order chi connectivity index (χ0) is 8.69. The predicted octanol–water partition coefficient (Wildman–Crippen LogP) is 1.27. The topological polar surface area (TPSA) is 20.3 Å². The molecule has 0 spiro atoms. The van der Waals surface area contributed by atoms with E-state index < -0.39 is 0 Å². The number of hydrogen-bond donors (Lipinski definition) is 0. The minimum atomic E-state index is -0.0825. The predicted molar refractivity (Wildman–Crippen MR) is 46.0 cm³/mol. The molecule has 0 aliphatic rings. The summed E-state index contributed by atoms with van der Waals surface area (Å²) >= 11 is 0. The molecule has 0 bridgehead atoms. The van der Waals surface area contributed by atoms with Crippen LogP contribution < -0.4 is 0 Å². The van der Waals surface area contributed by atoms with Gasteiger partial charge >= 0.3 is 0 Å². The summed E-state index contributed by atoms with van der Waals surface area (Å²) in [6.07, 6.45) is 2.16. The molecule has 0 radical (unpaired) electrons. The van der Waals surface area contributed by atoms with Crippen LogP contribution in [0.15, 0.2) is 0 Å². The third kappa shape index (κ3) is 4.44. The van der Waals surface area contributed by atoms with Gasteiger partial charge in [-0.25, -0.2) is 0 Å². The molecule has 0 aliphatic heterocycles. The van der Waals surface area contributed by atoms with E-state index in [1.54, 1.807) is 18.9 Å². The second kappa shape index (κ2) is 5.79. The summed E-state index contributed by atoms with van der Waals surface area (Å²) in [5.74, 6) is 4.99. The van der Waals surface area contributed by atoms with Crippen LogP contribution in [0, 0.1) is 11.8 Å². The Morgan fingerprint density at radius 1 is 1.55 bits per heavy atom. The third-order valence-corrected chi connectivity index (χ3v) is 1.43. The highest BCUT2D eigenvalue weighted by molar-refractivity contribution is 5.93. The first-order valence-electron chi connectivity index (χ1n) is 3.90. The molecule has 0 fully saturated rings. The Morgan fingerprint density at radius 3 is 2.64 bits per heavy atom. The fourth-order valence-electron chi connectivity index (χ4n) is 0.699. The molecule has 0 aliphatic carbocycles. The molecule has 0 aromatic heterocycles. The smallest absolute Gasteiger partial charge is 0.298 e. The lowest BCUT2D eigenvalue weighted by Crippen LogP contribution is -2.26. The Balaban J connectivity index is 3.70. The summed E-state index contributed by atoms with van der Waals surface area (Å²) in [6.45, 7) is 4.58. The molecule has 11 heavy (non-hydrogen) atoms. The van der Waals surface area contributed by atoms with Crippen LogP contribution in [0.1, 0.15) is 26.7 Å². The van der Waals surface area contributed by atoms with E-state index in [0.29, 0.717) is 0 Å². The number of amides is 1. The number of rotatable bonds is 3. The summed E-state index contributed by atoms with van der Waals surface area (Å²) in [6, 6.07) is 0. The van der Waals surface area contributed by atoms with Crippen LogP contribution in [-0.2, 0) is 4.79 Å². The van der Waals surface area contributed by atoms with Gasteiger partial charge < -0.3 is 4.90 Å². The average molecular weight is 153 g/mol. The van der Waals surface area contributed by atoms with Crippen LogP contribution in [0.3, 0.4) is 0 Å². The highest BCUT2D eigenvalue weighted by Crippen LogP contribution is 1.91. The van der Waals surface area contributed by atoms with Gasteiger partial charge in [0.1, 0.15) is 0 Å². The molecular weight excluding hydrogens is 138 g/mol. The van der Waals surface area contributed by atoms with Crippen molar-refractivity contribution in [3.05, 3.63) is 0 Å². The van der Waals surface area contributed by atoms with Crippen LogP contribution in [0.25, 0.3) is 0 Å². The van der Waals surface area contributed by atoms with Gasteiger partial charge in [-0.3, -0.25) is 4.79 Å². The SMILES string of the molecule is CC#CC(=O)N(C)CCCC. The fraction of sp³-hybridized carbons (Fsp3) is 0.667. The van der Waals surface area contributed by atoms with E-state index in [2.05, 4.69) is 18.8 Å². The highest BCUT2D eigenvalue weighted by atomic mass is 16.2. The summed E-state index contributed by atoms with van der Waals surface area (Å²) in [5, 5.41) is 0. The zero-order valence-electron chi connectivity index (χ0n) is 7.48. The van der Waals surface area contributed by atoms with Crippen LogP contribution in [0.4, 0.5) is 0 Å². The molecule has 0 N–H and O–H groups in total. The van der Waals surface area contributed by atoms with Gasteiger partial charge in [0.25, 0.3) is 5.91 Å². The molecular formula is C9H15NO. The largest absolute Gasteiger partial charge is 0.335 e. The number of hydrogen-bond acceptors (Lipinski definition) is 1. The minimum absolute atomic E-state index is 0.0825. The van der Waals surface area contributed by atoms with Crippen LogP contribution >= 0.6 is 0 Å². The molecule has 0 unspecified atom stereocenters. The van der Waals surface area contributed by atoms with Crippen molar-refractivity contribution in [1.29, 1.82) is 0 Å². The number of carbonyl (C=O) groups excluding carboxylic acids is 1. The van der Waals surface area contributed by atoms with Crippen molar-refractivity contribution in [3.63, 3.8) is 0 Å². The van der Waals surface area contributed by atoms with Crippen molar-refractivity contribution in [2.24, 2.45) is 0 Å². The van der Waals surface area contributed by atoms with Crippen molar-refractivity contribution in [3.8, 4) is 11.8 Å². The second-order valence-corrected chi connectivity index (χ2v) is 2.46. The van der Waals surface area contributed by atoms with Crippen molar-refractivity contribution in [2.75, 3.05) is 13.6 Å². The fourth-order valence-corrected chi connectivity index (χ4v) is 0.699. The highest BCUT2D eigenvalue weighted by Gasteiger charge is 2.02. The van der Waals surface area contributed by atoms with Gasteiger partial charge in [-0.1, -0.05) is 19.3 Å². The second-order valence-electron chi connectivity index (χ2n) is 2.46. The van der Waals surface area contributed by atoms with E-state index >= 15 is 0 Å². The van der Waals surface area contributed by atoms with Crippen LogP contribution in [0.2, 0.25) is 0 Å². The zero-order valence-corrected chi connectivity index (χ0v) is 7.48. The van der Waals surface area contributed by atoms with Crippen LogP contribution in [0.5, 0.6) is 0 Å². The average Bonchev–Trinajstić information content (AvgIpc) is 2.00. The first-order valence-corrected chi connectivity index (χ1v) is 3.90. The number of unbranched alkanes of at least 4 members (excludes halogenated alkanes) is 1. The Kier molecular flexibility index (Phi) is 5.28. The monoisotopic (exact) mass is 153 g/mol. The van der Waals surface area contributed by atoms with Crippen LogP contribution in [-0.4, -0.2) is 24.4 Å². The Bertz CT molecular complexity index is 176. The van der Waals surface area contributed by atoms with E-state index in [1.165, 1.54) is 0 Å². The van der Waals surface area contributed by atoms with E-state index in [4.69, 9.17) is 0 Å². The summed E-state index contributed by atoms with van der Waals surface area (Å²) in [4.78, 5) is 12.7. The van der Waals surface area contributed by atoms with E-state index in [0.717, 1.165) is 19.4 Å². The summed E-state index contributed by atoms with van der Waals surface area (Å²) < 4.78 is 0. The van der Waals surface area contributed by atoms with Gasteiger partial charge in [0, 0.05) is 13.6 Å². The molecule has 0 saturated heterocycles. The number of carbonyl (C=O) groups is 1. The molecule has 0 aromatic carbocycles. The molecule has 0 heterocycles. The maximum Gasteiger partial charge on any atom is 0.298 e. The Hall–Kier alpha value is -0.970. The normalized spacial score (nSPS) is 8.27. The summed E-state index contributed by atoms with van der Waals surface area (Å²) in [5.41, 5.74) is 0. The Morgan fingerprint density at radius 2 is 2.18 bits per heavy atom. The lowest BCUT2D eigenvalue weighted by atomic mass is 10.3. The van der Waals surface area contributed by atoms with Gasteiger partial charge in [-0.15, -0.1) is 0 Å². The third-order valence-electron chi connectivity index (χ3n) is 1.43. The first kappa shape index (κ1) is 10.0. The van der Waals surface area contributed by atoms with Gasteiger partial charge in [-0.2, -0.15) is 0 Å². The molecule has 2 nitrogen and oxygen atoms in total. The quantitative estimate of drug-likeness (QED) is 0.559. The molecule has 1 amide bonds. The van der Waals surface area contributed by atoms with Gasteiger partial charge in [0.2, 0.25) is 0 Å². The lowest BCUT2D eigenvalue weighted by Gasteiger charge is -2.11. The molecule has 0 aromatic rings. The minimum Gasteiger partial charge on any atom is -0.335 e. The standard InChI is InChI=1S/C9H15NO/c1-4-6-8-10(3)9(11)7-5-2/h4,6,8H2,1-3H3. The van der Waals surface area contributed by atoms with Crippen molar-refractivity contribution < 1.29 is 4.79 Å². The van der Waals surface area contributed by atoms with Crippen molar-refractivity contribution >= 4 is 5.91 Å². The summed E-state index contributed by atoms with van der Waals surface area (Å²) in [7, 11) is 1.78. The van der Waals surface area contributed by atoms with Gasteiger partial charge in [-0.05, 0) is 19.3 Å². The van der Waals surface area contributed by atoms with Gasteiger partial charge in [0.15, 0.2) is 0 Å². The van der Waals surface area contributed by atoms with Crippen molar-refractivity contribution in [2.45, 2.75) is 26.7 Å². The van der Waals surface area contributed by atoms with E-state index in [9.17, 15) is 4.79 Å². The maximum absolute atomic E-state index is 11.0. The molecule has 0 saturated carbocycles. The van der Waals surface area contributed by atoms with E-state index in [1.807, 2.05) is 0 Å². The first-order chi connectivity index (χ1) is 5.22. The molecule has 62 valence electrons. The van der Waals surface area contributed by atoms with E-state index in [-0.39, 0.29) is 5.91 Å². The number of nitrogens with zero attached hydrogens (tertiary/aromatic N) is 1. The molecule has 0 rings (SSSR count).